The van der Waals surface area contributed by atoms with Gasteiger partial charge in [-0.25, -0.2) is 10.3 Å². The molecule has 2 aromatic carbocycles. The van der Waals surface area contributed by atoms with Gasteiger partial charge in [-0.2, -0.15) is 0 Å². The summed E-state index contributed by atoms with van der Waals surface area (Å²) in [5.74, 6) is -0.948. The molecule has 2 aromatic rings. The van der Waals surface area contributed by atoms with E-state index in [0.29, 0.717) is 34.1 Å². The van der Waals surface area contributed by atoms with Gasteiger partial charge in [-0.3, -0.25) is 20.1 Å². The number of carbonyl (C=O) groups excluding carboxylic acids is 3. The van der Waals surface area contributed by atoms with Gasteiger partial charge in [-0.15, -0.1) is 0 Å². The molecule has 4 N–H and O–H groups in total. The number of anilines is 1. The Morgan fingerprint density at radius 2 is 1.84 bits per heavy atom. The number of phenols is 1. The van der Waals surface area contributed by atoms with E-state index >= 15 is 0 Å². The number of amides is 2. The van der Waals surface area contributed by atoms with E-state index in [-0.39, 0.29) is 17.5 Å². The number of Topliss-reactive ketones (excluding diaryl/α,β-unsaturated/α-hetero) is 1. The maximum absolute atomic E-state index is 12.6. The van der Waals surface area contributed by atoms with Crippen molar-refractivity contribution >= 4 is 39.4 Å². The lowest BCUT2D eigenvalue weighted by molar-refractivity contribution is -0.124. The van der Waals surface area contributed by atoms with E-state index in [1.54, 1.807) is 42.5 Å². The van der Waals surface area contributed by atoms with Gasteiger partial charge < -0.3 is 9.84 Å². The second-order valence-electron chi connectivity index (χ2n) is 7.22. The van der Waals surface area contributed by atoms with Crippen LogP contribution in [0, 0.1) is 5.92 Å². The van der Waals surface area contributed by atoms with Crippen molar-refractivity contribution in [3.63, 3.8) is 0 Å². The SMILES string of the molecule is CC(=O)c1ccc(NC(=O)O[C@H](c2cc(Br)ccc2O)[C@H](C)CC/C=C/C(=O)NO)cc1. The summed E-state index contributed by atoms with van der Waals surface area (Å²) in [5.41, 5.74) is 2.94. The Balaban J connectivity index is 2.15. The van der Waals surface area contributed by atoms with Crippen molar-refractivity contribution in [2.45, 2.75) is 32.8 Å². The topological polar surface area (TPSA) is 125 Å². The van der Waals surface area contributed by atoms with Crippen molar-refractivity contribution in [3.8, 4) is 5.75 Å². The van der Waals surface area contributed by atoms with Gasteiger partial charge in [0.05, 0.1) is 0 Å². The zero-order chi connectivity index (χ0) is 23.7. The largest absolute Gasteiger partial charge is 0.508 e. The number of aromatic hydroxyl groups is 1. The first-order chi connectivity index (χ1) is 15.2. The maximum atomic E-state index is 12.6. The van der Waals surface area contributed by atoms with Crippen LogP contribution in [0.2, 0.25) is 0 Å². The average Bonchev–Trinajstić information content (AvgIpc) is 2.76. The first-order valence-corrected chi connectivity index (χ1v) is 10.7. The van der Waals surface area contributed by atoms with E-state index < -0.39 is 18.1 Å². The summed E-state index contributed by atoms with van der Waals surface area (Å²) >= 11 is 3.37. The molecule has 32 heavy (non-hydrogen) atoms. The highest BCUT2D eigenvalue weighted by Gasteiger charge is 2.26. The number of hydroxylamine groups is 1. The summed E-state index contributed by atoms with van der Waals surface area (Å²) in [6.07, 6.45) is 2.33. The summed E-state index contributed by atoms with van der Waals surface area (Å²) in [5, 5.41) is 21.5. The fourth-order valence-electron chi connectivity index (χ4n) is 3.03. The number of allylic oxidation sites excluding steroid dienone is 1. The average molecular weight is 505 g/mol. The van der Waals surface area contributed by atoms with Crippen LogP contribution in [0.3, 0.4) is 0 Å². The standard InChI is InChI=1S/C23H25BrN2O6/c1-14(5-3-4-6-21(29)26-31)22(19-13-17(24)9-12-20(19)28)32-23(30)25-18-10-7-16(8-11-18)15(2)27/h4,6-14,22,28,31H,3,5H2,1-2H3,(H,25,30)(H,26,29)/b6-4+/t14-,22+/m1/s1. The predicted molar refractivity (Wildman–Crippen MR) is 123 cm³/mol. The molecule has 8 nitrogen and oxygen atoms in total. The predicted octanol–water partition coefficient (Wildman–Crippen LogP) is 5.13. The van der Waals surface area contributed by atoms with Crippen molar-refractivity contribution in [1.82, 2.24) is 5.48 Å². The molecule has 0 aliphatic rings. The van der Waals surface area contributed by atoms with Crippen LogP contribution < -0.4 is 10.8 Å². The number of ketones is 1. The van der Waals surface area contributed by atoms with Gasteiger partial charge in [0, 0.05) is 27.4 Å². The van der Waals surface area contributed by atoms with E-state index in [0.717, 1.165) is 0 Å². The molecular formula is C23H25BrN2O6. The van der Waals surface area contributed by atoms with Gasteiger partial charge in [0.25, 0.3) is 5.91 Å². The van der Waals surface area contributed by atoms with E-state index in [1.165, 1.54) is 24.5 Å². The van der Waals surface area contributed by atoms with Crippen LogP contribution in [-0.4, -0.2) is 28.1 Å². The van der Waals surface area contributed by atoms with Gasteiger partial charge in [0.1, 0.15) is 11.9 Å². The van der Waals surface area contributed by atoms with Crippen LogP contribution in [0.1, 0.15) is 48.7 Å². The number of hydrogen-bond donors (Lipinski definition) is 4. The highest BCUT2D eigenvalue weighted by atomic mass is 79.9. The van der Waals surface area contributed by atoms with E-state index in [4.69, 9.17) is 9.94 Å². The van der Waals surface area contributed by atoms with Gasteiger partial charge in [0.2, 0.25) is 0 Å². The molecule has 0 saturated heterocycles. The lowest BCUT2D eigenvalue weighted by Crippen LogP contribution is -2.22. The third kappa shape index (κ3) is 7.51. The molecule has 0 heterocycles. The molecule has 0 saturated carbocycles. The lowest BCUT2D eigenvalue weighted by Gasteiger charge is -2.25. The normalized spacial score (nSPS) is 12.8. The molecule has 0 spiro atoms. The van der Waals surface area contributed by atoms with Crippen molar-refractivity contribution in [2.75, 3.05) is 5.32 Å². The Morgan fingerprint density at radius 3 is 2.47 bits per heavy atom. The van der Waals surface area contributed by atoms with E-state index in [1.807, 2.05) is 6.92 Å². The molecule has 9 heteroatoms. The monoisotopic (exact) mass is 504 g/mol. The molecule has 2 amide bonds. The fourth-order valence-corrected chi connectivity index (χ4v) is 3.41. The highest BCUT2D eigenvalue weighted by molar-refractivity contribution is 9.10. The number of hydrogen-bond acceptors (Lipinski definition) is 6. The summed E-state index contributed by atoms with van der Waals surface area (Å²) in [4.78, 5) is 35.1. The third-order valence-corrected chi connectivity index (χ3v) is 5.25. The minimum absolute atomic E-state index is 0.0149. The Bertz CT molecular complexity index is 990. The van der Waals surface area contributed by atoms with Gasteiger partial charge in [-0.1, -0.05) is 28.9 Å². The van der Waals surface area contributed by atoms with Gasteiger partial charge in [-0.05, 0) is 68.1 Å². The fraction of sp³-hybridized carbons (Fsp3) is 0.261. The molecule has 2 atom stereocenters. The molecule has 0 aromatic heterocycles. The Morgan fingerprint density at radius 1 is 1.16 bits per heavy atom. The molecule has 170 valence electrons. The molecule has 0 radical (unpaired) electrons. The number of ether oxygens (including phenoxy) is 1. The van der Waals surface area contributed by atoms with Crippen molar-refractivity contribution < 1.29 is 29.4 Å². The van der Waals surface area contributed by atoms with E-state index in [9.17, 15) is 19.5 Å². The second-order valence-corrected chi connectivity index (χ2v) is 8.14. The first-order valence-electron chi connectivity index (χ1n) is 9.89. The van der Waals surface area contributed by atoms with Gasteiger partial charge in [0.15, 0.2) is 5.78 Å². The molecule has 0 aliphatic carbocycles. The number of nitrogens with one attached hydrogen (secondary N) is 2. The van der Waals surface area contributed by atoms with E-state index in [2.05, 4.69) is 21.2 Å². The number of halogens is 1. The number of phenolic OH excluding ortho intramolecular Hbond substituents is 1. The van der Waals surface area contributed by atoms with Crippen LogP contribution >= 0.6 is 15.9 Å². The third-order valence-electron chi connectivity index (χ3n) is 4.75. The van der Waals surface area contributed by atoms with Crippen molar-refractivity contribution in [3.05, 3.63) is 70.2 Å². The summed E-state index contributed by atoms with van der Waals surface area (Å²) < 4.78 is 6.39. The van der Waals surface area contributed by atoms with Crippen LogP contribution in [0.4, 0.5) is 10.5 Å². The van der Waals surface area contributed by atoms with Crippen LogP contribution in [0.25, 0.3) is 0 Å². The summed E-state index contributed by atoms with van der Waals surface area (Å²) in [6.45, 7) is 3.32. The minimum Gasteiger partial charge on any atom is -0.508 e. The maximum Gasteiger partial charge on any atom is 0.412 e. The van der Waals surface area contributed by atoms with Gasteiger partial charge >= 0.3 is 6.09 Å². The van der Waals surface area contributed by atoms with Crippen LogP contribution in [0.5, 0.6) is 5.75 Å². The molecule has 0 unspecified atom stereocenters. The van der Waals surface area contributed by atoms with Crippen molar-refractivity contribution in [1.29, 1.82) is 0 Å². The van der Waals surface area contributed by atoms with Crippen LogP contribution in [0.15, 0.2) is 59.1 Å². The highest BCUT2D eigenvalue weighted by Crippen LogP contribution is 2.36. The smallest absolute Gasteiger partial charge is 0.412 e. The molecule has 2 rings (SSSR count). The second kappa shape index (κ2) is 12.0. The zero-order valence-corrected chi connectivity index (χ0v) is 19.3. The van der Waals surface area contributed by atoms with Crippen LogP contribution in [-0.2, 0) is 9.53 Å². The lowest BCUT2D eigenvalue weighted by atomic mass is 9.92. The number of carbonyl (C=O) groups is 3. The Hall–Kier alpha value is -3.17. The quantitative estimate of drug-likeness (QED) is 0.162. The first kappa shape index (κ1) is 25.1. The number of benzene rings is 2. The molecular weight excluding hydrogens is 480 g/mol. The molecule has 0 aliphatic heterocycles. The summed E-state index contributed by atoms with van der Waals surface area (Å²) in [7, 11) is 0. The molecule has 0 fully saturated rings. The number of rotatable bonds is 9. The Kier molecular flexibility index (Phi) is 9.42. The summed E-state index contributed by atoms with van der Waals surface area (Å²) in [6, 6.07) is 11.3. The molecule has 0 bridgehead atoms. The Labute approximate surface area is 194 Å². The minimum atomic E-state index is -0.774. The van der Waals surface area contributed by atoms with Crippen molar-refractivity contribution in [2.24, 2.45) is 5.92 Å². The zero-order valence-electron chi connectivity index (χ0n) is 17.7.